The van der Waals surface area contributed by atoms with Gasteiger partial charge < -0.3 is 10.1 Å². The van der Waals surface area contributed by atoms with Crippen LogP contribution in [0.5, 0.6) is 5.75 Å². The summed E-state index contributed by atoms with van der Waals surface area (Å²) in [6.07, 6.45) is 2.70. The van der Waals surface area contributed by atoms with Crippen molar-refractivity contribution in [1.82, 2.24) is 9.62 Å². The van der Waals surface area contributed by atoms with Crippen molar-refractivity contribution < 1.29 is 17.9 Å². The van der Waals surface area contributed by atoms with E-state index >= 15 is 0 Å². The largest absolute Gasteiger partial charge is 0.495 e. The maximum atomic E-state index is 13.1. The Kier molecular flexibility index (Phi) is 6.59. The minimum atomic E-state index is -3.72. The van der Waals surface area contributed by atoms with Gasteiger partial charge in [0.2, 0.25) is 10.0 Å². The van der Waals surface area contributed by atoms with Crippen LogP contribution in [0.15, 0.2) is 47.4 Å². The molecule has 8 heteroatoms. The Morgan fingerprint density at radius 2 is 1.79 bits per heavy atom. The fraction of sp³-hybridized carbons (Fsp3) is 0.350. The van der Waals surface area contributed by atoms with E-state index in [1.54, 1.807) is 18.2 Å². The van der Waals surface area contributed by atoms with Gasteiger partial charge in [-0.3, -0.25) is 4.79 Å². The zero-order valence-electron chi connectivity index (χ0n) is 15.7. The molecule has 1 aliphatic rings. The van der Waals surface area contributed by atoms with Gasteiger partial charge in [-0.25, -0.2) is 8.42 Å². The van der Waals surface area contributed by atoms with E-state index in [2.05, 4.69) is 5.32 Å². The number of rotatable bonds is 6. The summed E-state index contributed by atoms with van der Waals surface area (Å²) in [7, 11) is -2.30. The lowest BCUT2D eigenvalue weighted by Crippen LogP contribution is -2.36. The number of sulfonamides is 1. The van der Waals surface area contributed by atoms with Crippen LogP contribution in [0.4, 0.5) is 0 Å². The highest BCUT2D eigenvalue weighted by Gasteiger charge is 2.29. The van der Waals surface area contributed by atoms with Crippen LogP contribution in [0, 0.1) is 0 Å². The first-order chi connectivity index (χ1) is 13.4. The highest BCUT2D eigenvalue weighted by atomic mass is 35.5. The second kappa shape index (κ2) is 8.94. The summed E-state index contributed by atoms with van der Waals surface area (Å²) in [6.45, 7) is 1.28. The van der Waals surface area contributed by atoms with Crippen molar-refractivity contribution in [2.24, 2.45) is 0 Å². The van der Waals surface area contributed by atoms with Gasteiger partial charge in [-0.2, -0.15) is 4.31 Å². The van der Waals surface area contributed by atoms with E-state index < -0.39 is 10.0 Å². The first kappa shape index (κ1) is 20.6. The molecule has 2 aromatic carbocycles. The normalized spacial score (nSPS) is 15.2. The number of piperidine rings is 1. The van der Waals surface area contributed by atoms with Crippen molar-refractivity contribution in [3.05, 3.63) is 58.6 Å². The molecule has 1 aliphatic heterocycles. The van der Waals surface area contributed by atoms with Crippen molar-refractivity contribution in [2.45, 2.75) is 30.7 Å². The van der Waals surface area contributed by atoms with Crippen molar-refractivity contribution in [3.63, 3.8) is 0 Å². The maximum absolute atomic E-state index is 13.1. The smallest absolute Gasteiger partial charge is 0.251 e. The molecule has 1 heterocycles. The highest BCUT2D eigenvalue weighted by molar-refractivity contribution is 7.89. The first-order valence-corrected chi connectivity index (χ1v) is 10.9. The number of ether oxygens (including phenoxy) is 1. The summed E-state index contributed by atoms with van der Waals surface area (Å²) < 4.78 is 32.8. The zero-order valence-corrected chi connectivity index (χ0v) is 17.2. The molecule has 0 bridgehead atoms. The number of benzene rings is 2. The van der Waals surface area contributed by atoms with E-state index in [9.17, 15) is 13.2 Å². The van der Waals surface area contributed by atoms with Crippen LogP contribution < -0.4 is 10.1 Å². The molecule has 3 rings (SSSR count). The topological polar surface area (TPSA) is 75.7 Å². The third-order valence-electron chi connectivity index (χ3n) is 4.72. The van der Waals surface area contributed by atoms with Crippen molar-refractivity contribution in [1.29, 1.82) is 0 Å². The van der Waals surface area contributed by atoms with Gasteiger partial charge in [0, 0.05) is 30.2 Å². The molecule has 1 amide bonds. The average molecular weight is 423 g/mol. The van der Waals surface area contributed by atoms with Crippen LogP contribution in [-0.4, -0.2) is 38.8 Å². The Balaban J connectivity index is 1.81. The Bertz CT molecular complexity index is 939. The molecule has 1 N–H and O–H groups in total. The predicted molar refractivity (Wildman–Crippen MR) is 108 cm³/mol. The molecule has 0 unspecified atom stereocenters. The molecule has 0 radical (unpaired) electrons. The number of amides is 1. The number of carbonyl (C=O) groups is 1. The van der Waals surface area contributed by atoms with Gasteiger partial charge >= 0.3 is 0 Å². The van der Waals surface area contributed by atoms with Crippen molar-refractivity contribution >= 4 is 27.5 Å². The van der Waals surface area contributed by atoms with Gasteiger partial charge in [-0.15, -0.1) is 0 Å². The summed E-state index contributed by atoms with van der Waals surface area (Å²) in [5, 5.41) is 3.42. The van der Waals surface area contributed by atoms with E-state index in [0.29, 0.717) is 24.7 Å². The number of nitrogens with one attached hydrogen (secondary N) is 1. The standard InChI is InChI=1S/C20H23ClN2O4S/c1-27-18-10-7-16(20(24)22-14-15-5-8-17(21)9-6-15)13-19(18)28(25,26)23-11-3-2-4-12-23/h5-10,13H,2-4,11-12,14H2,1H3,(H,22,24). The monoisotopic (exact) mass is 422 g/mol. The molecule has 0 spiro atoms. The van der Waals surface area contributed by atoms with E-state index in [4.69, 9.17) is 16.3 Å². The third kappa shape index (κ3) is 4.66. The summed E-state index contributed by atoms with van der Waals surface area (Å²) >= 11 is 5.86. The van der Waals surface area contributed by atoms with Gasteiger partial charge in [0.25, 0.3) is 5.91 Å². The lowest BCUT2D eigenvalue weighted by atomic mass is 10.2. The number of carbonyl (C=O) groups excluding carboxylic acids is 1. The SMILES string of the molecule is COc1ccc(C(=O)NCc2ccc(Cl)cc2)cc1S(=O)(=O)N1CCCCC1. The van der Waals surface area contributed by atoms with Crippen LogP contribution in [0.1, 0.15) is 35.2 Å². The third-order valence-corrected chi connectivity index (χ3v) is 6.90. The maximum Gasteiger partial charge on any atom is 0.251 e. The van der Waals surface area contributed by atoms with Crippen molar-refractivity contribution in [3.8, 4) is 5.75 Å². The van der Waals surface area contributed by atoms with Gasteiger partial charge in [0.15, 0.2) is 0 Å². The molecule has 0 aromatic heterocycles. The number of hydrogen-bond donors (Lipinski definition) is 1. The minimum Gasteiger partial charge on any atom is -0.495 e. The zero-order chi connectivity index (χ0) is 20.1. The van der Waals surface area contributed by atoms with E-state index in [1.807, 2.05) is 12.1 Å². The fourth-order valence-electron chi connectivity index (χ4n) is 3.15. The predicted octanol–water partition coefficient (Wildman–Crippen LogP) is 3.45. The Morgan fingerprint density at radius 1 is 1.11 bits per heavy atom. The van der Waals surface area contributed by atoms with Gasteiger partial charge in [0.05, 0.1) is 7.11 Å². The number of hydrogen-bond acceptors (Lipinski definition) is 4. The molecule has 6 nitrogen and oxygen atoms in total. The summed E-state index contributed by atoms with van der Waals surface area (Å²) in [4.78, 5) is 12.6. The van der Waals surface area contributed by atoms with Crippen LogP contribution in [0.2, 0.25) is 5.02 Å². The van der Waals surface area contributed by atoms with Crippen LogP contribution in [0.25, 0.3) is 0 Å². The molecule has 0 saturated carbocycles. The van der Waals surface area contributed by atoms with Crippen LogP contribution >= 0.6 is 11.6 Å². The molecule has 28 heavy (non-hydrogen) atoms. The Hall–Kier alpha value is -2.09. The van der Waals surface area contributed by atoms with Gasteiger partial charge in [-0.1, -0.05) is 30.2 Å². The fourth-order valence-corrected chi connectivity index (χ4v) is 4.98. The lowest BCUT2D eigenvalue weighted by Gasteiger charge is -2.26. The molecular formula is C20H23ClN2O4S. The minimum absolute atomic E-state index is 0.0241. The summed E-state index contributed by atoms with van der Waals surface area (Å²) in [5.41, 5.74) is 1.16. The quantitative estimate of drug-likeness (QED) is 0.773. The number of nitrogens with zero attached hydrogens (tertiary/aromatic N) is 1. The second-order valence-corrected chi connectivity index (χ2v) is 8.98. The molecule has 1 fully saturated rings. The highest BCUT2D eigenvalue weighted by Crippen LogP contribution is 2.29. The van der Waals surface area contributed by atoms with E-state index in [1.165, 1.54) is 23.5 Å². The van der Waals surface area contributed by atoms with E-state index in [0.717, 1.165) is 24.8 Å². The second-order valence-electron chi connectivity index (χ2n) is 6.64. The van der Waals surface area contributed by atoms with Gasteiger partial charge in [0.1, 0.15) is 10.6 Å². The molecule has 0 atom stereocenters. The van der Waals surface area contributed by atoms with Gasteiger partial charge in [-0.05, 0) is 48.7 Å². The Labute approximate surface area is 170 Å². The Morgan fingerprint density at radius 3 is 2.43 bits per heavy atom. The lowest BCUT2D eigenvalue weighted by molar-refractivity contribution is 0.0950. The molecule has 150 valence electrons. The first-order valence-electron chi connectivity index (χ1n) is 9.12. The molecule has 1 saturated heterocycles. The van der Waals surface area contributed by atoms with Crippen molar-refractivity contribution in [2.75, 3.05) is 20.2 Å². The molecule has 2 aromatic rings. The van der Waals surface area contributed by atoms with Crippen LogP contribution in [-0.2, 0) is 16.6 Å². The summed E-state index contributed by atoms with van der Waals surface area (Å²) in [6, 6.07) is 11.6. The van der Waals surface area contributed by atoms with Crippen LogP contribution in [0.3, 0.4) is 0 Å². The molecule has 0 aliphatic carbocycles. The van der Waals surface area contributed by atoms with E-state index in [-0.39, 0.29) is 22.1 Å². The molecular weight excluding hydrogens is 400 g/mol. The average Bonchev–Trinajstić information content (AvgIpc) is 2.73. The summed E-state index contributed by atoms with van der Waals surface area (Å²) in [5.74, 6) is -0.118. The number of halogens is 1. The number of methoxy groups -OCH3 is 1.